The van der Waals surface area contributed by atoms with Gasteiger partial charge < -0.3 is 0 Å². The first-order valence-corrected chi connectivity index (χ1v) is 16.4. The number of hydrogen-bond acceptors (Lipinski definition) is 5. The minimum Gasteiger partial charge on any atom is -0.279 e. The van der Waals surface area contributed by atoms with Gasteiger partial charge in [0.15, 0.2) is 0 Å². The maximum absolute atomic E-state index is 13.0. The average molecular weight is 610 g/mol. The van der Waals surface area contributed by atoms with Crippen molar-refractivity contribution in [2.75, 3.05) is 4.72 Å². The van der Waals surface area contributed by atoms with Crippen LogP contribution >= 0.6 is 0 Å². The third-order valence-corrected chi connectivity index (χ3v) is 9.00. The summed E-state index contributed by atoms with van der Waals surface area (Å²) in [4.78, 5) is 17.8. The maximum Gasteiger partial charge on any atom is 0.346 e. The first-order chi connectivity index (χ1) is 21.0. The molecular weight excluding hydrogens is 570 g/mol. The van der Waals surface area contributed by atoms with Crippen LogP contribution in [-0.2, 0) is 41.4 Å². The lowest BCUT2D eigenvalue weighted by molar-refractivity contribution is 0.588. The smallest absolute Gasteiger partial charge is 0.279 e. The van der Waals surface area contributed by atoms with E-state index in [2.05, 4.69) is 66.9 Å². The SMILES string of the molecule is CCn1c(CCCc2ccc(-c3cccc(NS(=O)(=O)c4ccccc4)n3)cc2)nn(Cc2ccc(C(C)(C)C)cc2)c1=O. The van der Waals surface area contributed by atoms with E-state index in [4.69, 9.17) is 5.10 Å². The van der Waals surface area contributed by atoms with Gasteiger partial charge in [-0.15, -0.1) is 0 Å². The van der Waals surface area contributed by atoms with E-state index in [1.807, 2.05) is 25.1 Å². The van der Waals surface area contributed by atoms with Crippen LogP contribution in [0.25, 0.3) is 11.3 Å². The highest BCUT2D eigenvalue weighted by molar-refractivity contribution is 7.92. The van der Waals surface area contributed by atoms with Crippen molar-refractivity contribution >= 4 is 15.8 Å². The molecule has 9 heteroatoms. The molecule has 0 radical (unpaired) electrons. The summed E-state index contributed by atoms with van der Waals surface area (Å²) in [6.07, 6.45) is 2.39. The number of aromatic nitrogens is 4. The maximum atomic E-state index is 13.0. The van der Waals surface area contributed by atoms with Gasteiger partial charge in [-0.3, -0.25) is 9.29 Å². The molecule has 0 aliphatic carbocycles. The van der Waals surface area contributed by atoms with E-state index in [1.165, 1.54) is 11.1 Å². The number of hydrogen-bond donors (Lipinski definition) is 1. The molecule has 0 aliphatic rings. The Labute approximate surface area is 259 Å². The third kappa shape index (κ3) is 7.34. The Morgan fingerprint density at radius 1 is 0.795 bits per heavy atom. The summed E-state index contributed by atoms with van der Waals surface area (Å²) in [5.74, 6) is 1.07. The second kappa shape index (κ2) is 13.0. The Kier molecular flexibility index (Phi) is 9.15. The van der Waals surface area contributed by atoms with Crippen molar-refractivity contribution < 1.29 is 8.42 Å². The summed E-state index contributed by atoms with van der Waals surface area (Å²) in [6.45, 7) is 9.58. The molecule has 0 saturated heterocycles. The van der Waals surface area contributed by atoms with Gasteiger partial charge in [-0.1, -0.05) is 93.6 Å². The summed E-state index contributed by atoms with van der Waals surface area (Å²) < 4.78 is 31.3. The van der Waals surface area contributed by atoms with Crippen LogP contribution in [0.15, 0.2) is 107 Å². The molecule has 0 atom stereocenters. The van der Waals surface area contributed by atoms with Gasteiger partial charge >= 0.3 is 5.69 Å². The molecule has 0 amide bonds. The summed E-state index contributed by atoms with van der Waals surface area (Å²) in [5.41, 5.74) is 5.06. The Hall–Kier alpha value is -4.50. The largest absolute Gasteiger partial charge is 0.346 e. The van der Waals surface area contributed by atoms with Crippen LogP contribution in [0.5, 0.6) is 0 Å². The van der Waals surface area contributed by atoms with Gasteiger partial charge in [0, 0.05) is 18.5 Å². The standard InChI is InChI=1S/C35H39N5O3S/c1-5-39-33(37-40(34(39)41)25-27-19-23-29(24-20-27)35(2,3)4)16-9-11-26-17-21-28(22-18-26)31-14-10-15-32(36-31)38-44(42,43)30-12-7-6-8-13-30/h6-8,10,12-15,17-24H,5,9,11,16,25H2,1-4H3,(H,36,38). The highest BCUT2D eigenvalue weighted by Gasteiger charge is 2.16. The molecule has 5 rings (SSSR count). The van der Waals surface area contributed by atoms with E-state index in [0.29, 0.717) is 25.2 Å². The molecule has 0 spiro atoms. The molecule has 0 saturated carbocycles. The molecule has 1 N–H and O–H groups in total. The number of anilines is 1. The van der Waals surface area contributed by atoms with E-state index in [1.54, 1.807) is 51.7 Å². The van der Waals surface area contributed by atoms with Crippen LogP contribution in [0, 0.1) is 0 Å². The van der Waals surface area contributed by atoms with E-state index < -0.39 is 10.0 Å². The zero-order valence-corrected chi connectivity index (χ0v) is 26.5. The first kappa shape index (κ1) is 30.9. The first-order valence-electron chi connectivity index (χ1n) is 14.9. The zero-order chi connectivity index (χ0) is 31.3. The summed E-state index contributed by atoms with van der Waals surface area (Å²) >= 11 is 0. The number of nitrogens with zero attached hydrogens (tertiary/aromatic N) is 4. The highest BCUT2D eigenvalue weighted by atomic mass is 32.2. The van der Waals surface area contributed by atoms with Crippen LogP contribution in [0.3, 0.4) is 0 Å². The zero-order valence-electron chi connectivity index (χ0n) is 25.7. The fourth-order valence-corrected chi connectivity index (χ4v) is 6.14. The Bertz CT molecular complexity index is 1870. The van der Waals surface area contributed by atoms with Crippen LogP contribution in [0.2, 0.25) is 0 Å². The van der Waals surface area contributed by atoms with Crippen molar-refractivity contribution in [3.8, 4) is 11.3 Å². The Balaban J connectivity index is 1.20. The lowest BCUT2D eigenvalue weighted by Crippen LogP contribution is -2.25. The molecule has 0 aliphatic heterocycles. The summed E-state index contributed by atoms with van der Waals surface area (Å²) in [7, 11) is -3.72. The number of rotatable bonds is 11. The minimum absolute atomic E-state index is 0.0764. The van der Waals surface area contributed by atoms with Gasteiger partial charge in [0.1, 0.15) is 11.6 Å². The minimum atomic E-state index is -3.72. The van der Waals surface area contributed by atoms with Gasteiger partial charge in [0.25, 0.3) is 10.0 Å². The fraction of sp³-hybridized carbons (Fsp3) is 0.286. The number of sulfonamides is 1. The molecule has 2 aromatic heterocycles. The average Bonchev–Trinajstić information content (AvgIpc) is 3.31. The normalized spacial score (nSPS) is 11.9. The summed E-state index contributed by atoms with van der Waals surface area (Å²) in [6, 6.07) is 30.0. The van der Waals surface area contributed by atoms with Crippen LogP contribution in [-0.4, -0.2) is 27.7 Å². The molecular formula is C35H39N5O3S. The van der Waals surface area contributed by atoms with Crippen molar-refractivity contribution in [1.82, 2.24) is 19.3 Å². The van der Waals surface area contributed by atoms with E-state index in [-0.39, 0.29) is 21.8 Å². The van der Waals surface area contributed by atoms with E-state index >= 15 is 0 Å². The van der Waals surface area contributed by atoms with Crippen molar-refractivity contribution in [2.24, 2.45) is 0 Å². The van der Waals surface area contributed by atoms with Crippen molar-refractivity contribution in [3.05, 3.63) is 130 Å². The van der Waals surface area contributed by atoms with Crippen molar-refractivity contribution in [3.63, 3.8) is 0 Å². The van der Waals surface area contributed by atoms with Crippen molar-refractivity contribution in [1.29, 1.82) is 0 Å². The molecule has 228 valence electrons. The number of nitrogens with one attached hydrogen (secondary N) is 1. The molecule has 5 aromatic rings. The number of benzene rings is 3. The predicted octanol–water partition coefficient (Wildman–Crippen LogP) is 6.45. The van der Waals surface area contributed by atoms with E-state index in [9.17, 15) is 13.2 Å². The summed E-state index contributed by atoms with van der Waals surface area (Å²) in [5, 5.41) is 4.69. The molecule has 44 heavy (non-hydrogen) atoms. The molecule has 3 aromatic carbocycles. The van der Waals surface area contributed by atoms with Crippen molar-refractivity contribution in [2.45, 2.75) is 70.4 Å². The van der Waals surface area contributed by atoms with E-state index in [0.717, 1.165) is 29.8 Å². The molecule has 0 bridgehead atoms. The highest BCUT2D eigenvalue weighted by Crippen LogP contribution is 2.23. The van der Waals surface area contributed by atoms with Crippen LogP contribution in [0.4, 0.5) is 5.82 Å². The quantitative estimate of drug-likeness (QED) is 0.186. The Morgan fingerprint density at radius 2 is 1.48 bits per heavy atom. The van der Waals surface area contributed by atoms with Crippen LogP contribution in [0.1, 0.15) is 56.6 Å². The topological polar surface area (TPSA) is 98.9 Å². The fourth-order valence-electron chi connectivity index (χ4n) is 5.12. The van der Waals surface area contributed by atoms with Crippen LogP contribution < -0.4 is 10.4 Å². The molecule has 0 fully saturated rings. The Morgan fingerprint density at radius 3 is 2.14 bits per heavy atom. The molecule has 8 nitrogen and oxygen atoms in total. The van der Waals surface area contributed by atoms with Gasteiger partial charge in [0.2, 0.25) is 0 Å². The number of pyridine rings is 1. The van der Waals surface area contributed by atoms with Gasteiger partial charge in [-0.2, -0.15) is 5.10 Å². The molecule has 0 unspecified atom stereocenters. The molecule has 2 heterocycles. The second-order valence-corrected chi connectivity index (χ2v) is 13.6. The number of aryl methyl sites for hydroxylation is 2. The van der Waals surface area contributed by atoms with Gasteiger partial charge in [-0.25, -0.2) is 22.9 Å². The van der Waals surface area contributed by atoms with Gasteiger partial charge in [-0.05, 0) is 66.1 Å². The predicted molar refractivity (Wildman–Crippen MR) is 175 cm³/mol. The second-order valence-electron chi connectivity index (χ2n) is 11.9. The lowest BCUT2D eigenvalue weighted by atomic mass is 9.87. The monoisotopic (exact) mass is 609 g/mol. The third-order valence-electron chi connectivity index (χ3n) is 7.63. The van der Waals surface area contributed by atoms with Gasteiger partial charge in [0.05, 0.1) is 17.1 Å². The lowest BCUT2D eigenvalue weighted by Gasteiger charge is -2.19.